The average molecular weight is 652 g/mol. The number of aromatic nitrogens is 3. The monoisotopic (exact) mass is 651 g/mol. The molecule has 0 atom stereocenters. The first-order chi connectivity index (χ1) is 25.0. The Hall–Kier alpha value is -6.45. The van der Waals surface area contributed by atoms with Crippen molar-refractivity contribution in [2.75, 3.05) is 0 Å². The van der Waals surface area contributed by atoms with E-state index >= 15 is 0 Å². The first kappa shape index (κ1) is 29.5. The Bertz CT molecular complexity index is 2760. The Labute approximate surface area is 297 Å². The van der Waals surface area contributed by atoms with E-state index in [1.165, 1.54) is 65.7 Å². The zero-order chi connectivity index (χ0) is 34.1. The van der Waals surface area contributed by atoms with Gasteiger partial charge in [0.15, 0.2) is 17.5 Å². The van der Waals surface area contributed by atoms with Crippen molar-refractivity contribution in [3.05, 3.63) is 175 Å². The summed E-state index contributed by atoms with van der Waals surface area (Å²) in [6.45, 7) is 4.70. The predicted molar refractivity (Wildman–Crippen MR) is 212 cm³/mol. The maximum absolute atomic E-state index is 5.08. The van der Waals surface area contributed by atoms with Gasteiger partial charge in [-0.15, -0.1) is 0 Å². The summed E-state index contributed by atoms with van der Waals surface area (Å²) in [4.78, 5) is 15.1. The molecule has 0 aliphatic heterocycles. The maximum Gasteiger partial charge on any atom is 0.164 e. The van der Waals surface area contributed by atoms with E-state index in [0.717, 1.165) is 16.7 Å². The molecule has 0 spiro atoms. The van der Waals surface area contributed by atoms with Crippen molar-refractivity contribution >= 4 is 32.3 Å². The highest BCUT2D eigenvalue weighted by atomic mass is 15.0. The highest BCUT2D eigenvalue weighted by molar-refractivity contribution is 6.28. The summed E-state index contributed by atoms with van der Waals surface area (Å²) in [5, 5.41) is 7.36. The lowest BCUT2D eigenvalue weighted by Crippen LogP contribution is -2.14. The summed E-state index contributed by atoms with van der Waals surface area (Å²) in [5.74, 6) is 1.97. The lowest BCUT2D eigenvalue weighted by atomic mass is 9.81. The van der Waals surface area contributed by atoms with E-state index < -0.39 is 0 Å². The van der Waals surface area contributed by atoms with E-state index in [4.69, 9.17) is 15.0 Å². The number of hydrogen-bond acceptors (Lipinski definition) is 3. The van der Waals surface area contributed by atoms with Crippen LogP contribution < -0.4 is 0 Å². The second kappa shape index (κ2) is 11.3. The number of benzene rings is 8. The summed E-state index contributed by atoms with van der Waals surface area (Å²) in [6.07, 6.45) is 0. The third-order valence-electron chi connectivity index (χ3n) is 10.7. The second-order valence-corrected chi connectivity index (χ2v) is 14.0. The minimum atomic E-state index is -0.0833. The SMILES string of the molecule is CC1(C)c2ccccc2-c2ccc(-c3cccc4c5ccccc5c5ccc(-c6nc(-c7ccccc7)nc(-c7ccccc7)n6)cc5c34)cc21. The zero-order valence-corrected chi connectivity index (χ0v) is 28.4. The minimum Gasteiger partial charge on any atom is -0.208 e. The topological polar surface area (TPSA) is 38.7 Å². The van der Waals surface area contributed by atoms with Crippen LogP contribution in [0, 0.1) is 0 Å². The lowest BCUT2D eigenvalue weighted by Gasteiger charge is -2.22. The fourth-order valence-corrected chi connectivity index (χ4v) is 8.19. The van der Waals surface area contributed by atoms with E-state index in [1.807, 2.05) is 36.4 Å². The van der Waals surface area contributed by atoms with Gasteiger partial charge in [0.1, 0.15) is 0 Å². The average Bonchev–Trinajstić information content (AvgIpc) is 3.43. The molecule has 0 N–H and O–H groups in total. The minimum absolute atomic E-state index is 0.0833. The van der Waals surface area contributed by atoms with Crippen molar-refractivity contribution in [2.24, 2.45) is 0 Å². The number of rotatable bonds is 4. The molecular formula is C48H33N3. The Morgan fingerprint density at radius 3 is 1.55 bits per heavy atom. The molecule has 10 rings (SSSR count). The van der Waals surface area contributed by atoms with Crippen LogP contribution in [0.4, 0.5) is 0 Å². The van der Waals surface area contributed by atoms with Crippen LogP contribution in [0.3, 0.4) is 0 Å². The Morgan fingerprint density at radius 2 is 0.843 bits per heavy atom. The molecule has 1 heterocycles. The first-order valence-corrected chi connectivity index (χ1v) is 17.5. The van der Waals surface area contributed by atoms with Gasteiger partial charge in [0.05, 0.1) is 0 Å². The molecule has 0 amide bonds. The van der Waals surface area contributed by atoms with Crippen LogP contribution in [0.15, 0.2) is 164 Å². The Balaban J connectivity index is 1.24. The van der Waals surface area contributed by atoms with E-state index in [2.05, 4.69) is 141 Å². The van der Waals surface area contributed by atoms with Crippen LogP contribution in [-0.4, -0.2) is 15.0 Å². The van der Waals surface area contributed by atoms with Gasteiger partial charge in [-0.2, -0.15) is 0 Å². The molecule has 1 aliphatic rings. The first-order valence-electron chi connectivity index (χ1n) is 17.5. The van der Waals surface area contributed by atoms with Crippen molar-refractivity contribution in [3.63, 3.8) is 0 Å². The van der Waals surface area contributed by atoms with E-state index in [9.17, 15) is 0 Å². The highest BCUT2D eigenvalue weighted by Crippen LogP contribution is 2.50. The summed E-state index contributed by atoms with van der Waals surface area (Å²) >= 11 is 0. The van der Waals surface area contributed by atoms with Crippen molar-refractivity contribution in [1.82, 2.24) is 15.0 Å². The van der Waals surface area contributed by atoms with Crippen molar-refractivity contribution in [1.29, 1.82) is 0 Å². The molecule has 0 unspecified atom stereocenters. The van der Waals surface area contributed by atoms with E-state index in [1.54, 1.807) is 0 Å². The summed E-state index contributed by atoms with van der Waals surface area (Å²) in [5.41, 5.74) is 10.7. The van der Waals surface area contributed by atoms with Crippen LogP contribution in [-0.2, 0) is 5.41 Å². The molecule has 0 fully saturated rings. The van der Waals surface area contributed by atoms with Crippen molar-refractivity contribution in [2.45, 2.75) is 19.3 Å². The molecule has 51 heavy (non-hydrogen) atoms. The molecule has 9 aromatic rings. The van der Waals surface area contributed by atoms with Crippen LogP contribution in [0.25, 0.3) is 88.7 Å². The van der Waals surface area contributed by atoms with Gasteiger partial charge in [-0.25, -0.2) is 15.0 Å². The summed E-state index contributed by atoms with van der Waals surface area (Å²) < 4.78 is 0. The highest BCUT2D eigenvalue weighted by Gasteiger charge is 2.35. The smallest absolute Gasteiger partial charge is 0.164 e. The predicted octanol–water partition coefficient (Wildman–Crippen LogP) is 12.3. The fraction of sp³-hybridized carbons (Fsp3) is 0.0625. The van der Waals surface area contributed by atoms with Gasteiger partial charge in [-0.3, -0.25) is 0 Å². The molecule has 0 saturated carbocycles. The molecule has 1 aliphatic carbocycles. The number of fused-ring (bicyclic) bond motifs is 9. The van der Waals surface area contributed by atoms with Gasteiger partial charge < -0.3 is 0 Å². The van der Waals surface area contributed by atoms with E-state index in [-0.39, 0.29) is 5.41 Å². The Morgan fingerprint density at radius 1 is 0.333 bits per heavy atom. The zero-order valence-electron chi connectivity index (χ0n) is 28.4. The van der Waals surface area contributed by atoms with Crippen molar-refractivity contribution in [3.8, 4) is 56.4 Å². The lowest BCUT2D eigenvalue weighted by molar-refractivity contribution is 0.660. The normalized spacial score (nSPS) is 13.1. The maximum atomic E-state index is 5.08. The third kappa shape index (κ3) is 4.62. The molecule has 1 aromatic heterocycles. The molecule has 3 heteroatoms. The van der Waals surface area contributed by atoms with Crippen LogP contribution in [0.1, 0.15) is 25.0 Å². The number of nitrogens with zero attached hydrogens (tertiary/aromatic N) is 3. The van der Waals surface area contributed by atoms with Gasteiger partial charge >= 0.3 is 0 Å². The largest absolute Gasteiger partial charge is 0.208 e. The Kier molecular flexibility index (Phi) is 6.53. The molecule has 8 aromatic carbocycles. The fourth-order valence-electron chi connectivity index (χ4n) is 8.19. The van der Waals surface area contributed by atoms with Crippen LogP contribution >= 0.6 is 0 Å². The van der Waals surface area contributed by atoms with Gasteiger partial charge in [0.2, 0.25) is 0 Å². The van der Waals surface area contributed by atoms with E-state index in [0.29, 0.717) is 17.5 Å². The molecule has 0 bridgehead atoms. The van der Waals surface area contributed by atoms with Gasteiger partial charge in [0, 0.05) is 22.1 Å². The molecular weight excluding hydrogens is 619 g/mol. The van der Waals surface area contributed by atoms with Gasteiger partial charge in [-0.05, 0) is 77.8 Å². The second-order valence-electron chi connectivity index (χ2n) is 14.0. The quantitative estimate of drug-likeness (QED) is 0.178. The molecule has 0 radical (unpaired) electrons. The summed E-state index contributed by atoms with van der Waals surface area (Å²) in [6, 6.07) is 58.5. The molecule has 0 saturated heterocycles. The number of hydrogen-bond donors (Lipinski definition) is 0. The standard InChI is InChI=1S/C48H33N3/c1-48(2)42-23-12-11-20-38(42)39-27-24-32(29-43(39)48)34-21-13-22-40-36-19-10-9-18-35(36)37-26-25-33(28-41(37)44(34)40)47-50-45(30-14-5-3-6-15-30)49-46(51-47)31-16-7-4-8-17-31/h3-29H,1-2H3. The van der Waals surface area contributed by atoms with Crippen molar-refractivity contribution < 1.29 is 0 Å². The molecule has 240 valence electrons. The van der Waals surface area contributed by atoms with Crippen LogP contribution in [0.5, 0.6) is 0 Å². The summed E-state index contributed by atoms with van der Waals surface area (Å²) in [7, 11) is 0. The third-order valence-corrected chi connectivity index (χ3v) is 10.7. The molecule has 3 nitrogen and oxygen atoms in total. The van der Waals surface area contributed by atoms with Crippen LogP contribution in [0.2, 0.25) is 0 Å². The van der Waals surface area contributed by atoms with Gasteiger partial charge in [0.25, 0.3) is 0 Å². The van der Waals surface area contributed by atoms with Gasteiger partial charge in [-0.1, -0.05) is 166 Å².